The zero-order chi connectivity index (χ0) is 20.3. The van der Waals surface area contributed by atoms with Crippen LogP contribution in [-0.2, 0) is 20.7 Å². The highest BCUT2D eigenvalue weighted by Gasteiger charge is 2.21. The molecule has 5 heteroatoms. The first kappa shape index (κ1) is 19.7. The first-order chi connectivity index (χ1) is 13.3. The van der Waals surface area contributed by atoms with Crippen LogP contribution in [0.1, 0.15) is 42.1 Å². The van der Waals surface area contributed by atoms with Crippen molar-refractivity contribution in [1.82, 2.24) is 5.32 Å². The number of rotatable bonds is 6. The molecule has 0 saturated heterocycles. The fourth-order valence-corrected chi connectivity index (χ4v) is 3.08. The van der Waals surface area contributed by atoms with Crippen LogP contribution in [0.2, 0.25) is 0 Å². The van der Waals surface area contributed by atoms with Gasteiger partial charge in [-0.15, -0.1) is 0 Å². The summed E-state index contributed by atoms with van der Waals surface area (Å²) in [6, 6.07) is 13.4. The van der Waals surface area contributed by atoms with Crippen LogP contribution >= 0.6 is 0 Å². The largest absolute Gasteiger partial charge is 0.464 e. The lowest BCUT2D eigenvalue weighted by atomic mass is 10.0. The Morgan fingerprint density at radius 3 is 2.46 bits per heavy atom. The number of fused-ring (bicyclic) bond motifs is 1. The number of ether oxygens (including phenoxy) is 1. The van der Waals surface area contributed by atoms with E-state index in [1.165, 1.54) is 0 Å². The molecule has 1 aromatic heterocycles. The molecule has 2 unspecified atom stereocenters. The summed E-state index contributed by atoms with van der Waals surface area (Å²) in [4.78, 5) is 24.7. The van der Waals surface area contributed by atoms with Gasteiger partial charge >= 0.3 is 5.97 Å². The Morgan fingerprint density at radius 2 is 1.75 bits per heavy atom. The molecule has 28 heavy (non-hydrogen) atoms. The monoisotopic (exact) mass is 379 g/mol. The second-order valence-corrected chi connectivity index (χ2v) is 7.14. The fraction of sp³-hybridized carbons (Fsp3) is 0.304. The third kappa shape index (κ3) is 4.42. The van der Waals surface area contributed by atoms with Crippen LogP contribution in [0.4, 0.5) is 0 Å². The maximum atomic E-state index is 12.4. The minimum absolute atomic E-state index is 0.0569. The summed E-state index contributed by atoms with van der Waals surface area (Å²) in [5, 5.41) is 3.77. The maximum absolute atomic E-state index is 12.4. The van der Waals surface area contributed by atoms with Crippen molar-refractivity contribution in [2.75, 3.05) is 0 Å². The van der Waals surface area contributed by atoms with E-state index in [1.54, 1.807) is 13.2 Å². The Balaban J connectivity index is 1.60. The predicted octanol–water partition coefficient (Wildman–Crippen LogP) is 4.40. The molecule has 3 aromatic rings. The summed E-state index contributed by atoms with van der Waals surface area (Å²) in [6.07, 6.45) is 0.759. The van der Waals surface area contributed by atoms with Gasteiger partial charge in [0.05, 0.1) is 18.7 Å². The third-order valence-corrected chi connectivity index (χ3v) is 4.94. The minimum Gasteiger partial charge on any atom is -0.464 e. The van der Waals surface area contributed by atoms with Gasteiger partial charge in [-0.25, -0.2) is 0 Å². The van der Waals surface area contributed by atoms with Gasteiger partial charge in [0.1, 0.15) is 5.58 Å². The van der Waals surface area contributed by atoms with Crippen molar-refractivity contribution in [3.05, 3.63) is 71.0 Å². The van der Waals surface area contributed by atoms with Gasteiger partial charge in [0.15, 0.2) is 6.10 Å². The van der Waals surface area contributed by atoms with Crippen molar-refractivity contribution >= 4 is 22.8 Å². The normalized spacial score (nSPS) is 13.1. The average Bonchev–Trinajstić information content (AvgIpc) is 3.04. The number of nitrogens with one attached hydrogen (secondary N) is 1. The number of carbonyl (C=O) groups excluding carboxylic acids is 2. The third-order valence-electron chi connectivity index (χ3n) is 4.94. The van der Waals surface area contributed by atoms with Gasteiger partial charge < -0.3 is 14.5 Å². The van der Waals surface area contributed by atoms with Crippen LogP contribution in [0.3, 0.4) is 0 Å². The molecule has 2 aromatic carbocycles. The van der Waals surface area contributed by atoms with Gasteiger partial charge in [-0.1, -0.05) is 30.3 Å². The van der Waals surface area contributed by atoms with Gasteiger partial charge in [0.25, 0.3) is 5.91 Å². The van der Waals surface area contributed by atoms with Crippen LogP contribution in [0, 0.1) is 13.8 Å². The molecular formula is C23H25NO4. The Labute approximate surface area is 164 Å². The van der Waals surface area contributed by atoms with Crippen LogP contribution in [0.25, 0.3) is 11.0 Å². The van der Waals surface area contributed by atoms with E-state index in [4.69, 9.17) is 9.15 Å². The number of esters is 1. The summed E-state index contributed by atoms with van der Waals surface area (Å²) in [5.74, 6) is -0.788. The average molecular weight is 379 g/mol. The Bertz CT molecular complexity index is 991. The number of hydrogen-bond acceptors (Lipinski definition) is 4. The number of furan rings is 1. The van der Waals surface area contributed by atoms with E-state index >= 15 is 0 Å². The van der Waals surface area contributed by atoms with Gasteiger partial charge in [-0.2, -0.15) is 0 Å². The molecule has 0 saturated carbocycles. The van der Waals surface area contributed by atoms with Gasteiger partial charge in [-0.3, -0.25) is 9.59 Å². The van der Waals surface area contributed by atoms with E-state index in [0.717, 1.165) is 33.2 Å². The van der Waals surface area contributed by atoms with Crippen molar-refractivity contribution in [3.8, 4) is 0 Å². The second-order valence-electron chi connectivity index (χ2n) is 7.14. The van der Waals surface area contributed by atoms with E-state index in [2.05, 4.69) is 5.32 Å². The fourth-order valence-electron chi connectivity index (χ4n) is 3.08. The van der Waals surface area contributed by atoms with E-state index in [-0.39, 0.29) is 18.4 Å². The highest BCUT2D eigenvalue weighted by molar-refractivity contribution is 5.88. The molecule has 0 aliphatic carbocycles. The van der Waals surface area contributed by atoms with E-state index in [1.807, 2.05) is 63.2 Å². The van der Waals surface area contributed by atoms with E-state index < -0.39 is 12.1 Å². The van der Waals surface area contributed by atoms with Crippen LogP contribution in [0.5, 0.6) is 0 Å². The molecule has 0 aliphatic heterocycles. The van der Waals surface area contributed by atoms with Gasteiger partial charge in [0.2, 0.25) is 0 Å². The Morgan fingerprint density at radius 1 is 1.07 bits per heavy atom. The Kier molecular flexibility index (Phi) is 5.83. The second kappa shape index (κ2) is 8.30. The molecule has 5 nitrogen and oxygen atoms in total. The van der Waals surface area contributed by atoms with Gasteiger partial charge in [-0.05, 0) is 56.5 Å². The molecule has 0 aliphatic rings. The zero-order valence-corrected chi connectivity index (χ0v) is 16.6. The first-order valence-corrected chi connectivity index (χ1v) is 9.37. The molecule has 0 radical (unpaired) electrons. The molecule has 0 bridgehead atoms. The lowest BCUT2D eigenvalue weighted by molar-refractivity contribution is -0.154. The molecule has 1 N–H and O–H groups in total. The summed E-state index contributed by atoms with van der Waals surface area (Å²) in [7, 11) is 0. The molecule has 146 valence electrons. The number of aryl methyl sites for hydroxylation is 2. The van der Waals surface area contributed by atoms with Crippen LogP contribution < -0.4 is 5.32 Å². The number of benzene rings is 2. The van der Waals surface area contributed by atoms with Crippen molar-refractivity contribution in [3.63, 3.8) is 0 Å². The molecule has 0 fully saturated rings. The first-order valence-electron chi connectivity index (χ1n) is 9.37. The molecule has 3 rings (SSSR count). The van der Waals surface area contributed by atoms with Crippen LogP contribution in [0.15, 0.2) is 53.1 Å². The SMILES string of the molecule is Cc1cc2occ(CC(=O)OC(C)C(=O)NC(C)c3ccccc3)c2cc1C. The number of carbonyl (C=O) groups is 2. The highest BCUT2D eigenvalue weighted by atomic mass is 16.5. The summed E-state index contributed by atoms with van der Waals surface area (Å²) in [5.41, 5.74) is 4.76. The zero-order valence-electron chi connectivity index (χ0n) is 16.6. The van der Waals surface area contributed by atoms with Crippen LogP contribution in [-0.4, -0.2) is 18.0 Å². The molecular weight excluding hydrogens is 354 g/mol. The lowest BCUT2D eigenvalue weighted by Gasteiger charge is -2.18. The van der Waals surface area contributed by atoms with E-state index in [9.17, 15) is 9.59 Å². The Hall–Kier alpha value is -3.08. The molecule has 1 amide bonds. The number of hydrogen-bond donors (Lipinski definition) is 1. The maximum Gasteiger partial charge on any atom is 0.311 e. The highest BCUT2D eigenvalue weighted by Crippen LogP contribution is 2.25. The smallest absolute Gasteiger partial charge is 0.311 e. The van der Waals surface area contributed by atoms with Crippen molar-refractivity contribution in [1.29, 1.82) is 0 Å². The topological polar surface area (TPSA) is 68.5 Å². The van der Waals surface area contributed by atoms with E-state index in [0.29, 0.717) is 0 Å². The standard InChI is InChI=1S/C23H25NO4/c1-14-10-20-19(13-27-21(20)11-15(14)2)12-22(25)28-17(4)23(26)24-16(3)18-8-6-5-7-9-18/h5-11,13,16-17H,12H2,1-4H3,(H,24,26). The molecule has 1 heterocycles. The summed E-state index contributed by atoms with van der Waals surface area (Å²) < 4.78 is 10.9. The minimum atomic E-state index is -0.874. The van der Waals surface area contributed by atoms with Gasteiger partial charge in [0, 0.05) is 10.9 Å². The summed E-state index contributed by atoms with van der Waals surface area (Å²) in [6.45, 7) is 7.50. The predicted molar refractivity (Wildman–Crippen MR) is 108 cm³/mol. The quantitative estimate of drug-likeness (QED) is 0.645. The summed E-state index contributed by atoms with van der Waals surface area (Å²) >= 11 is 0. The van der Waals surface area contributed by atoms with Crippen molar-refractivity contribution in [2.24, 2.45) is 0 Å². The molecule has 0 spiro atoms. The van der Waals surface area contributed by atoms with Crippen molar-refractivity contribution in [2.45, 2.75) is 46.3 Å². The van der Waals surface area contributed by atoms with Crippen molar-refractivity contribution < 1.29 is 18.7 Å². The lowest BCUT2D eigenvalue weighted by Crippen LogP contribution is -2.37. The number of amides is 1. The molecule has 2 atom stereocenters.